The van der Waals surface area contributed by atoms with Gasteiger partial charge in [-0.1, -0.05) is 0 Å². The highest BCUT2D eigenvalue weighted by Gasteiger charge is 2.26. The molecule has 0 radical (unpaired) electrons. The Morgan fingerprint density at radius 1 is 1.58 bits per heavy atom. The van der Waals surface area contributed by atoms with Gasteiger partial charge in [0, 0.05) is 11.5 Å². The number of amides is 1. The highest BCUT2D eigenvalue weighted by atomic mass is 31.1. The fourth-order valence-corrected chi connectivity index (χ4v) is 0.832. The molecule has 0 heterocycles. The highest BCUT2D eigenvalue weighted by Crippen LogP contribution is 2.15. The smallest absolute Gasteiger partial charge is 0.343 e. The second kappa shape index (κ2) is 4.79. The summed E-state index contributed by atoms with van der Waals surface area (Å²) in [6, 6.07) is -0.909. The summed E-state index contributed by atoms with van der Waals surface area (Å²) in [7, 11) is -2.95. The van der Waals surface area contributed by atoms with Crippen LogP contribution in [0.4, 0.5) is 0 Å². The fraction of sp³-hybridized carbons (Fsp3) is 0.600. The lowest BCUT2D eigenvalue weighted by Crippen LogP contribution is -2.37. The zero-order chi connectivity index (χ0) is 9.72. The molecule has 68 valence electrons. The minimum Gasteiger partial charge on any atom is -0.343 e. The van der Waals surface area contributed by atoms with Crippen LogP contribution < -0.4 is 5.32 Å². The van der Waals surface area contributed by atoms with Crippen molar-refractivity contribution < 1.29 is 23.6 Å². The minimum atomic E-state index is -2.95. The first-order chi connectivity index (χ1) is 5.43. The number of nitrogens with one attached hydrogen (secondary N) is 1. The number of rotatable bonds is 3. The third kappa shape index (κ3) is 4.76. The molecule has 2 atom stereocenters. The summed E-state index contributed by atoms with van der Waals surface area (Å²) in [5, 5.41) is 2.19. The Morgan fingerprint density at radius 2 is 2.08 bits per heavy atom. The van der Waals surface area contributed by atoms with Gasteiger partial charge in [0.05, 0.1) is 0 Å². The van der Waals surface area contributed by atoms with E-state index in [9.17, 15) is 14.2 Å². The topological polar surface area (TPSA) is 92.7 Å². The van der Waals surface area contributed by atoms with E-state index in [1.54, 1.807) is 0 Å². The normalized spacial score (nSPS) is 13.1. The molecule has 0 saturated heterocycles. The van der Waals surface area contributed by atoms with Crippen LogP contribution in [-0.4, -0.2) is 22.8 Å². The summed E-state index contributed by atoms with van der Waals surface area (Å²) in [6.07, 6.45) is 0. The molecule has 0 aromatic heterocycles. The van der Waals surface area contributed by atoms with Crippen molar-refractivity contribution in [2.75, 3.05) is 0 Å². The molecule has 0 spiro atoms. The molecule has 0 saturated carbocycles. The van der Waals surface area contributed by atoms with Gasteiger partial charge in [-0.15, -0.1) is 4.89 Å². The van der Waals surface area contributed by atoms with Crippen LogP contribution >= 0.6 is 8.25 Å². The second-order valence-electron chi connectivity index (χ2n) is 2.07. The number of carbonyl (C=O) groups excluding carboxylic acids is 2. The molecular formula is C5H9NO5P+. The Balaban J connectivity index is 3.93. The molecule has 12 heavy (non-hydrogen) atoms. The lowest BCUT2D eigenvalue weighted by atomic mass is 10.3. The van der Waals surface area contributed by atoms with Crippen molar-refractivity contribution >= 4 is 20.1 Å². The van der Waals surface area contributed by atoms with E-state index < -0.39 is 26.2 Å². The Labute approximate surface area is 69.9 Å². The van der Waals surface area contributed by atoms with Crippen molar-refractivity contribution in [2.24, 2.45) is 0 Å². The molecule has 0 aliphatic carbocycles. The first-order valence-electron chi connectivity index (χ1n) is 3.08. The lowest BCUT2D eigenvalue weighted by molar-refractivity contribution is -0.138. The van der Waals surface area contributed by atoms with Gasteiger partial charge in [-0.05, 0) is 6.92 Å². The summed E-state index contributed by atoms with van der Waals surface area (Å²) in [5.74, 6) is -1.35. The van der Waals surface area contributed by atoms with E-state index in [4.69, 9.17) is 4.89 Å². The predicted octanol–water partition coefficient (Wildman–Crippen LogP) is -0.296. The minimum absolute atomic E-state index is 0.410. The Hall–Kier alpha value is -1.00. The van der Waals surface area contributed by atoms with E-state index in [1.165, 1.54) is 13.8 Å². The zero-order valence-electron chi connectivity index (χ0n) is 6.60. The SMILES string of the molecule is CC(=O)N[C@@H](C)C(=O)O[P+](=O)O. The molecule has 6 nitrogen and oxygen atoms in total. The molecule has 0 aliphatic rings. The summed E-state index contributed by atoms with van der Waals surface area (Å²) >= 11 is 0. The van der Waals surface area contributed by atoms with Crippen molar-refractivity contribution in [1.82, 2.24) is 5.32 Å². The Kier molecular flexibility index (Phi) is 4.39. The van der Waals surface area contributed by atoms with Gasteiger partial charge in [-0.3, -0.25) is 4.79 Å². The molecule has 0 aliphatic heterocycles. The maximum absolute atomic E-state index is 10.7. The first-order valence-corrected chi connectivity index (χ1v) is 4.21. The number of hydrogen-bond acceptors (Lipinski definition) is 4. The van der Waals surface area contributed by atoms with Crippen LogP contribution in [0.3, 0.4) is 0 Å². The first kappa shape index (κ1) is 11.0. The van der Waals surface area contributed by atoms with Crippen LogP contribution in [0.25, 0.3) is 0 Å². The molecule has 7 heteroatoms. The summed E-state index contributed by atoms with van der Waals surface area (Å²) in [6.45, 7) is 2.57. The molecule has 0 rings (SSSR count). The van der Waals surface area contributed by atoms with Crippen molar-refractivity contribution in [1.29, 1.82) is 0 Å². The van der Waals surface area contributed by atoms with Crippen molar-refractivity contribution in [3.05, 3.63) is 0 Å². The van der Waals surface area contributed by atoms with Crippen LogP contribution in [0.15, 0.2) is 0 Å². The molecule has 0 aromatic carbocycles. The van der Waals surface area contributed by atoms with E-state index in [0.717, 1.165) is 0 Å². The van der Waals surface area contributed by atoms with Crippen LogP contribution in [0.5, 0.6) is 0 Å². The monoisotopic (exact) mass is 194 g/mol. The fourth-order valence-electron chi connectivity index (χ4n) is 0.520. The second-order valence-corrected chi connectivity index (χ2v) is 2.73. The highest BCUT2D eigenvalue weighted by molar-refractivity contribution is 7.32. The molecule has 0 aromatic rings. The largest absolute Gasteiger partial charge is 0.750 e. The maximum atomic E-state index is 10.7. The molecule has 2 N–H and O–H groups in total. The van der Waals surface area contributed by atoms with Gasteiger partial charge in [0.25, 0.3) is 0 Å². The van der Waals surface area contributed by atoms with Crippen molar-refractivity contribution in [3.63, 3.8) is 0 Å². The van der Waals surface area contributed by atoms with Crippen LogP contribution in [0.1, 0.15) is 13.8 Å². The van der Waals surface area contributed by atoms with Crippen LogP contribution in [0, 0.1) is 0 Å². The molecule has 1 unspecified atom stereocenters. The van der Waals surface area contributed by atoms with Gasteiger partial charge in [-0.2, -0.15) is 4.52 Å². The van der Waals surface area contributed by atoms with Gasteiger partial charge in [0.2, 0.25) is 5.91 Å². The summed E-state index contributed by atoms with van der Waals surface area (Å²) in [5.41, 5.74) is 0. The van der Waals surface area contributed by atoms with Crippen LogP contribution in [0.2, 0.25) is 0 Å². The number of hydrogen-bond donors (Lipinski definition) is 2. The van der Waals surface area contributed by atoms with Gasteiger partial charge in [-0.25, -0.2) is 4.79 Å². The van der Waals surface area contributed by atoms with E-state index in [0.29, 0.717) is 0 Å². The Morgan fingerprint density at radius 3 is 2.42 bits per heavy atom. The Bertz CT molecular complexity index is 216. The lowest BCUT2D eigenvalue weighted by Gasteiger charge is -2.04. The average Bonchev–Trinajstić information content (AvgIpc) is 1.84. The molecular weight excluding hydrogens is 185 g/mol. The van der Waals surface area contributed by atoms with Crippen molar-refractivity contribution in [2.45, 2.75) is 19.9 Å². The average molecular weight is 194 g/mol. The summed E-state index contributed by atoms with van der Waals surface area (Å²) in [4.78, 5) is 29.3. The van der Waals surface area contributed by atoms with E-state index >= 15 is 0 Å². The third-order valence-electron chi connectivity index (χ3n) is 0.941. The molecule has 0 bridgehead atoms. The van der Waals surface area contributed by atoms with Gasteiger partial charge < -0.3 is 5.32 Å². The van der Waals surface area contributed by atoms with E-state index in [-0.39, 0.29) is 0 Å². The molecule has 1 amide bonds. The molecule has 0 fully saturated rings. The van der Waals surface area contributed by atoms with E-state index in [2.05, 4.69) is 9.84 Å². The van der Waals surface area contributed by atoms with Crippen molar-refractivity contribution in [3.8, 4) is 0 Å². The summed E-state index contributed by atoms with van der Waals surface area (Å²) < 4.78 is 13.9. The zero-order valence-corrected chi connectivity index (χ0v) is 7.50. The van der Waals surface area contributed by atoms with E-state index in [1.807, 2.05) is 0 Å². The quantitative estimate of drug-likeness (QED) is 0.602. The standard InChI is InChI=1S/C5H8NO5P/c1-3(6-4(2)7)5(8)11-12(9)10/h3H,1-2H3,(H-,6,7,9,10)/p+1/t3-/m0/s1. The third-order valence-corrected chi connectivity index (χ3v) is 1.28. The van der Waals surface area contributed by atoms with Crippen LogP contribution in [-0.2, 0) is 18.7 Å². The van der Waals surface area contributed by atoms with Gasteiger partial charge in [0.1, 0.15) is 6.04 Å². The van der Waals surface area contributed by atoms with Gasteiger partial charge in [0.15, 0.2) is 0 Å². The number of carbonyl (C=O) groups is 2. The maximum Gasteiger partial charge on any atom is 0.750 e. The van der Waals surface area contributed by atoms with Gasteiger partial charge >= 0.3 is 14.2 Å². The predicted molar refractivity (Wildman–Crippen MR) is 39.2 cm³/mol.